The van der Waals surface area contributed by atoms with Gasteiger partial charge in [0.2, 0.25) is 5.91 Å². The van der Waals surface area contributed by atoms with Crippen molar-refractivity contribution in [3.8, 4) is 0 Å². The Morgan fingerprint density at radius 1 is 1.35 bits per heavy atom. The van der Waals surface area contributed by atoms with Crippen LogP contribution in [0.3, 0.4) is 0 Å². The molecule has 2 N–H and O–H groups in total. The molecule has 2 atom stereocenters. The van der Waals surface area contributed by atoms with Gasteiger partial charge in [-0.15, -0.1) is 0 Å². The monoisotopic (exact) mass is 341 g/mol. The van der Waals surface area contributed by atoms with Crippen molar-refractivity contribution in [1.82, 2.24) is 5.32 Å². The van der Waals surface area contributed by atoms with Gasteiger partial charge in [-0.2, -0.15) is 0 Å². The van der Waals surface area contributed by atoms with Crippen molar-refractivity contribution in [3.63, 3.8) is 0 Å². The van der Waals surface area contributed by atoms with Crippen molar-refractivity contribution in [2.75, 3.05) is 0 Å². The van der Waals surface area contributed by atoms with E-state index in [-0.39, 0.29) is 24.3 Å². The van der Waals surface area contributed by atoms with E-state index in [9.17, 15) is 9.59 Å². The fourth-order valence-electron chi connectivity index (χ4n) is 2.03. The van der Waals surface area contributed by atoms with Crippen LogP contribution in [0.15, 0.2) is 28.7 Å². The number of amides is 1. The Bertz CT molecular complexity index is 476. The molecule has 20 heavy (non-hydrogen) atoms. The number of nitrogens with one attached hydrogen (secondary N) is 1. The van der Waals surface area contributed by atoms with Gasteiger partial charge in [0, 0.05) is 16.4 Å². The summed E-state index contributed by atoms with van der Waals surface area (Å²) < 4.78 is 0.991. The highest BCUT2D eigenvalue weighted by Crippen LogP contribution is 2.21. The summed E-state index contributed by atoms with van der Waals surface area (Å²) in [6.45, 7) is 3.67. The molecule has 0 aliphatic heterocycles. The molecule has 2 unspecified atom stereocenters. The van der Waals surface area contributed by atoms with Gasteiger partial charge in [-0.25, -0.2) is 0 Å². The van der Waals surface area contributed by atoms with Gasteiger partial charge in [-0.05, 0) is 31.4 Å². The van der Waals surface area contributed by atoms with Crippen molar-refractivity contribution in [2.45, 2.75) is 39.2 Å². The highest BCUT2D eigenvalue weighted by atomic mass is 79.9. The molecule has 0 bridgehead atoms. The Morgan fingerprint density at radius 2 is 2.00 bits per heavy atom. The predicted octanol–water partition coefficient (Wildman–Crippen LogP) is 3.00. The van der Waals surface area contributed by atoms with Crippen molar-refractivity contribution < 1.29 is 14.7 Å². The van der Waals surface area contributed by atoms with Gasteiger partial charge >= 0.3 is 5.97 Å². The van der Waals surface area contributed by atoms with Crippen LogP contribution in [0, 0.1) is 5.92 Å². The SMILES string of the molecule is CCC(Cc1ccccc1Br)C(=O)NC(C)CC(=O)O. The van der Waals surface area contributed by atoms with Crippen LogP contribution in [0.2, 0.25) is 0 Å². The Kier molecular flexibility index (Phi) is 6.71. The molecule has 4 nitrogen and oxygen atoms in total. The smallest absolute Gasteiger partial charge is 0.305 e. The number of carbonyl (C=O) groups is 2. The number of carbonyl (C=O) groups excluding carboxylic acids is 1. The summed E-state index contributed by atoms with van der Waals surface area (Å²) in [4.78, 5) is 22.8. The molecule has 110 valence electrons. The van der Waals surface area contributed by atoms with Crippen LogP contribution in [-0.2, 0) is 16.0 Å². The minimum Gasteiger partial charge on any atom is -0.481 e. The number of hydrogen-bond acceptors (Lipinski definition) is 2. The topological polar surface area (TPSA) is 66.4 Å². The lowest BCUT2D eigenvalue weighted by Gasteiger charge is -2.19. The Balaban J connectivity index is 2.64. The molecule has 0 aromatic heterocycles. The predicted molar refractivity (Wildman–Crippen MR) is 81.5 cm³/mol. The maximum atomic E-state index is 12.2. The van der Waals surface area contributed by atoms with E-state index in [1.54, 1.807) is 6.92 Å². The normalized spacial score (nSPS) is 13.6. The maximum absolute atomic E-state index is 12.2. The molecule has 1 aromatic carbocycles. The minimum atomic E-state index is -0.906. The van der Waals surface area contributed by atoms with E-state index < -0.39 is 5.97 Å². The number of halogens is 1. The van der Waals surface area contributed by atoms with Gasteiger partial charge in [0.05, 0.1) is 6.42 Å². The van der Waals surface area contributed by atoms with E-state index in [2.05, 4.69) is 21.2 Å². The van der Waals surface area contributed by atoms with Crippen LogP contribution in [0.5, 0.6) is 0 Å². The number of benzene rings is 1. The average Bonchev–Trinajstić information content (AvgIpc) is 2.36. The standard InChI is InChI=1S/C15H20BrNO3/c1-3-11(9-12-6-4-5-7-13(12)16)15(20)17-10(2)8-14(18)19/h4-7,10-11H,3,8-9H2,1-2H3,(H,17,20)(H,18,19). The van der Waals surface area contributed by atoms with Crippen molar-refractivity contribution in [1.29, 1.82) is 0 Å². The minimum absolute atomic E-state index is 0.0583. The second-order valence-corrected chi connectivity index (χ2v) is 5.76. The Labute approximate surface area is 127 Å². The van der Waals surface area contributed by atoms with Crippen LogP contribution in [0.25, 0.3) is 0 Å². The van der Waals surface area contributed by atoms with E-state index in [0.717, 1.165) is 10.0 Å². The van der Waals surface area contributed by atoms with Gasteiger partial charge < -0.3 is 10.4 Å². The zero-order chi connectivity index (χ0) is 15.1. The molecular formula is C15H20BrNO3. The van der Waals surface area contributed by atoms with Crippen LogP contribution >= 0.6 is 15.9 Å². The van der Waals surface area contributed by atoms with Gasteiger partial charge in [0.1, 0.15) is 0 Å². The first-order chi connectivity index (χ1) is 9.43. The van der Waals surface area contributed by atoms with Gasteiger partial charge in [0.15, 0.2) is 0 Å². The van der Waals surface area contributed by atoms with Crippen molar-refractivity contribution in [2.24, 2.45) is 5.92 Å². The number of carboxylic acids is 1. The second-order valence-electron chi connectivity index (χ2n) is 4.91. The first-order valence-electron chi connectivity index (χ1n) is 6.69. The first-order valence-corrected chi connectivity index (χ1v) is 7.48. The quantitative estimate of drug-likeness (QED) is 0.801. The van der Waals surface area contributed by atoms with Gasteiger partial charge in [0.25, 0.3) is 0 Å². The van der Waals surface area contributed by atoms with E-state index in [0.29, 0.717) is 12.8 Å². The molecule has 0 spiro atoms. The molecule has 0 saturated heterocycles. The van der Waals surface area contributed by atoms with Crippen LogP contribution < -0.4 is 5.32 Å². The Morgan fingerprint density at radius 3 is 2.55 bits per heavy atom. The number of hydrogen-bond donors (Lipinski definition) is 2. The average molecular weight is 342 g/mol. The second kappa shape index (κ2) is 8.04. The van der Waals surface area contributed by atoms with Crippen LogP contribution in [-0.4, -0.2) is 23.0 Å². The molecule has 0 heterocycles. The van der Waals surface area contributed by atoms with E-state index in [1.807, 2.05) is 31.2 Å². The maximum Gasteiger partial charge on any atom is 0.305 e. The van der Waals surface area contributed by atoms with E-state index in [4.69, 9.17) is 5.11 Å². The lowest BCUT2D eigenvalue weighted by Crippen LogP contribution is -2.39. The molecular weight excluding hydrogens is 322 g/mol. The third-order valence-electron chi connectivity index (χ3n) is 3.16. The lowest BCUT2D eigenvalue weighted by atomic mass is 9.95. The summed E-state index contributed by atoms with van der Waals surface area (Å²) in [5.74, 6) is -1.14. The highest BCUT2D eigenvalue weighted by Gasteiger charge is 2.20. The molecule has 0 aliphatic carbocycles. The van der Waals surface area contributed by atoms with Crippen molar-refractivity contribution >= 4 is 27.8 Å². The largest absolute Gasteiger partial charge is 0.481 e. The molecule has 1 amide bonds. The summed E-state index contributed by atoms with van der Waals surface area (Å²) in [6.07, 6.45) is 1.30. The fraction of sp³-hybridized carbons (Fsp3) is 0.467. The van der Waals surface area contributed by atoms with Crippen molar-refractivity contribution in [3.05, 3.63) is 34.3 Å². The number of carboxylic acid groups (broad SMARTS) is 1. The van der Waals surface area contributed by atoms with Crippen LogP contribution in [0.4, 0.5) is 0 Å². The molecule has 0 saturated carbocycles. The molecule has 1 aromatic rings. The van der Waals surface area contributed by atoms with Gasteiger partial charge in [-0.1, -0.05) is 41.1 Å². The summed E-state index contributed by atoms with van der Waals surface area (Å²) in [5.41, 5.74) is 1.08. The lowest BCUT2D eigenvalue weighted by molar-refractivity contribution is -0.137. The third-order valence-corrected chi connectivity index (χ3v) is 3.93. The van der Waals surface area contributed by atoms with Crippen LogP contribution in [0.1, 0.15) is 32.3 Å². The molecule has 0 fully saturated rings. The zero-order valence-corrected chi connectivity index (χ0v) is 13.3. The number of rotatable bonds is 7. The number of aliphatic carboxylic acids is 1. The summed E-state index contributed by atoms with van der Waals surface area (Å²) >= 11 is 3.48. The molecule has 1 rings (SSSR count). The zero-order valence-electron chi connectivity index (χ0n) is 11.7. The Hall–Kier alpha value is -1.36. The molecule has 0 aliphatic rings. The van der Waals surface area contributed by atoms with E-state index >= 15 is 0 Å². The third kappa shape index (κ3) is 5.33. The fourth-order valence-corrected chi connectivity index (χ4v) is 2.47. The summed E-state index contributed by atoms with van der Waals surface area (Å²) in [6, 6.07) is 7.46. The van der Waals surface area contributed by atoms with Gasteiger partial charge in [-0.3, -0.25) is 9.59 Å². The summed E-state index contributed by atoms with van der Waals surface area (Å²) in [7, 11) is 0. The molecule has 0 radical (unpaired) electrons. The molecule has 5 heteroatoms. The first kappa shape index (κ1) is 16.7. The highest BCUT2D eigenvalue weighted by molar-refractivity contribution is 9.10. The van der Waals surface area contributed by atoms with E-state index in [1.165, 1.54) is 0 Å². The summed E-state index contributed by atoms with van der Waals surface area (Å²) in [5, 5.41) is 11.5.